The van der Waals surface area contributed by atoms with Crippen LogP contribution in [0.15, 0.2) is 29.3 Å². The molecule has 2 aliphatic rings. The lowest BCUT2D eigenvalue weighted by atomic mass is 10.1. The van der Waals surface area contributed by atoms with Gasteiger partial charge in [-0.2, -0.15) is 0 Å². The number of aliphatic imine (C=N–C) groups is 1. The largest absolute Gasteiger partial charge is 0.289 e. The van der Waals surface area contributed by atoms with Gasteiger partial charge in [-0.25, -0.2) is 0 Å². The Labute approximate surface area is 108 Å². The van der Waals surface area contributed by atoms with Crippen molar-refractivity contribution in [2.45, 2.75) is 45.2 Å². The molecule has 1 saturated carbocycles. The van der Waals surface area contributed by atoms with Crippen LogP contribution in [0.2, 0.25) is 0 Å². The molecule has 1 aliphatic carbocycles. The summed E-state index contributed by atoms with van der Waals surface area (Å²) in [6, 6.07) is 8.16. The van der Waals surface area contributed by atoms with Crippen molar-refractivity contribution in [2.24, 2.45) is 4.99 Å². The van der Waals surface area contributed by atoms with E-state index in [0.717, 1.165) is 29.8 Å². The highest BCUT2D eigenvalue weighted by molar-refractivity contribution is 6.23. The molecular formula is C15H18N2O. The summed E-state index contributed by atoms with van der Waals surface area (Å²) in [5, 5.41) is 0. The molecule has 0 aromatic heterocycles. The minimum absolute atomic E-state index is 0.121. The molecule has 0 unspecified atom stereocenters. The van der Waals surface area contributed by atoms with E-state index in [9.17, 15) is 4.79 Å². The second-order valence-corrected chi connectivity index (χ2v) is 6.06. The number of carbonyl (C=O) groups excluding carboxylic acids is 1. The molecule has 0 saturated heterocycles. The third-order valence-electron chi connectivity index (χ3n) is 3.20. The van der Waals surface area contributed by atoms with E-state index in [0.29, 0.717) is 6.04 Å². The average molecular weight is 242 g/mol. The van der Waals surface area contributed by atoms with E-state index in [2.05, 4.69) is 20.8 Å². The number of amidine groups is 1. The normalized spacial score (nSPS) is 21.6. The van der Waals surface area contributed by atoms with Crippen LogP contribution in [-0.2, 0) is 0 Å². The lowest BCUT2D eigenvalue weighted by molar-refractivity contribution is 0.0852. The highest BCUT2D eigenvalue weighted by Gasteiger charge is 2.43. The van der Waals surface area contributed by atoms with Gasteiger partial charge in [-0.3, -0.25) is 14.7 Å². The lowest BCUT2D eigenvalue weighted by Gasteiger charge is -2.21. The molecule has 1 aromatic carbocycles. The fraction of sp³-hybridized carbons (Fsp3) is 0.467. The van der Waals surface area contributed by atoms with Crippen LogP contribution in [0.1, 0.15) is 49.5 Å². The van der Waals surface area contributed by atoms with E-state index >= 15 is 0 Å². The first-order valence-corrected chi connectivity index (χ1v) is 6.50. The minimum Gasteiger partial charge on any atom is -0.289 e. The zero-order valence-corrected chi connectivity index (χ0v) is 11.1. The van der Waals surface area contributed by atoms with Gasteiger partial charge in [0.1, 0.15) is 5.84 Å². The molecule has 1 aliphatic heterocycles. The van der Waals surface area contributed by atoms with Gasteiger partial charge >= 0.3 is 0 Å². The number of hydrogen-bond acceptors (Lipinski definition) is 2. The first kappa shape index (κ1) is 11.5. The smallest absolute Gasteiger partial charge is 0.260 e. The molecule has 0 spiro atoms. The third kappa shape index (κ3) is 1.84. The van der Waals surface area contributed by atoms with Crippen LogP contribution >= 0.6 is 0 Å². The minimum atomic E-state index is -0.166. The second kappa shape index (κ2) is 3.67. The van der Waals surface area contributed by atoms with Crippen molar-refractivity contribution in [3.63, 3.8) is 0 Å². The first-order chi connectivity index (χ1) is 8.47. The fourth-order valence-corrected chi connectivity index (χ4v) is 2.32. The Balaban J connectivity index is 2.14. The lowest BCUT2D eigenvalue weighted by Crippen LogP contribution is -2.34. The van der Waals surface area contributed by atoms with Gasteiger partial charge in [0.25, 0.3) is 5.91 Å². The standard InChI is InChI=1S/C15H18N2O/c1-15(2,3)16-13-11-6-4-5-7-12(11)14(18)17(13)10-8-9-10/h4-7,10H,8-9H2,1-3H3. The number of hydrogen-bond donors (Lipinski definition) is 0. The van der Waals surface area contributed by atoms with E-state index in [-0.39, 0.29) is 11.4 Å². The molecule has 1 amide bonds. The molecule has 94 valence electrons. The van der Waals surface area contributed by atoms with Crippen LogP contribution < -0.4 is 0 Å². The predicted octanol–water partition coefficient (Wildman–Crippen LogP) is 2.85. The number of rotatable bonds is 1. The van der Waals surface area contributed by atoms with E-state index < -0.39 is 0 Å². The Morgan fingerprint density at radius 1 is 1.17 bits per heavy atom. The van der Waals surface area contributed by atoms with Crippen molar-refractivity contribution in [1.82, 2.24) is 4.90 Å². The van der Waals surface area contributed by atoms with Gasteiger partial charge in [-0.05, 0) is 39.7 Å². The summed E-state index contributed by atoms with van der Waals surface area (Å²) >= 11 is 0. The summed E-state index contributed by atoms with van der Waals surface area (Å²) in [6.07, 6.45) is 2.20. The van der Waals surface area contributed by atoms with Crippen molar-refractivity contribution < 1.29 is 4.79 Å². The number of carbonyl (C=O) groups is 1. The molecule has 0 radical (unpaired) electrons. The van der Waals surface area contributed by atoms with Crippen LogP contribution in [0.5, 0.6) is 0 Å². The Bertz CT molecular complexity index is 536. The topological polar surface area (TPSA) is 32.7 Å². The van der Waals surface area contributed by atoms with Gasteiger partial charge in [0.2, 0.25) is 0 Å². The van der Waals surface area contributed by atoms with Gasteiger partial charge < -0.3 is 0 Å². The van der Waals surface area contributed by atoms with E-state index in [4.69, 9.17) is 4.99 Å². The first-order valence-electron chi connectivity index (χ1n) is 6.50. The Morgan fingerprint density at radius 2 is 1.78 bits per heavy atom. The maximum absolute atomic E-state index is 12.4. The van der Waals surface area contributed by atoms with E-state index in [1.54, 1.807) is 0 Å². The summed E-state index contributed by atoms with van der Waals surface area (Å²) in [5.74, 6) is 0.988. The van der Waals surface area contributed by atoms with Crippen molar-refractivity contribution in [2.75, 3.05) is 0 Å². The van der Waals surface area contributed by atoms with Crippen LogP contribution in [0.25, 0.3) is 0 Å². The maximum atomic E-state index is 12.4. The molecule has 18 heavy (non-hydrogen) atoms. The highest BCUT2D eigenvalue weighted by Crippen LogP contribution is 2.35. The third-order valence-corrected chi connectivity index (χ3v) is 3.20. The van der Waals surface area contributed by atoms with Gasteiger partial charge in [0, 0.05) is 11.6 Å². The van der Waals surface area contributed by atoms with Crippen LogP contribution in [0.4, 0.5) is 0 Å². The molecular weight excluding hydrogens is 224 g/mol. The molecule has 0 atom stereocenters. The number of fused-ring (bicyclic) bond motifs is 1. The molecule has 1 heterocycles. The Kier molecular flexibility index (Phi) is 2.34. The molecule has 0 bridgehead atoms. The summed E-state index contributed by atoms with van der Waals surface area (Å²) < 4.78 is 0. The molecule has 3 nitrogen and oxygen atoms in total. The monoisotopic (exact) mass is 242 g/mol. The maximum Gasteiger partial charge on any atom is 0.260 e. The van der Waals surface area contributed by atoms with E-state index in [1.807, 2.05) is 29.2 Å². The van der Waals surface area contributed by atoms with Crippen LogP contribution in [-0.4, -0.2) is 28.2 Å². The van der Waals surface area contributed by atoms with E-state index in [1.165, 1.54) is 0 Å². The van der Waals surface area contributed by atoms with Crippen molar-refractivity contribution in [3.8, 4) is 0 Å². The van der Waals surface area contributed by atoms with Crippen molar-refractivity contribution in [3.05, 3.63) is 35.4 Å². The highest BCUT2D eigenvalue weighted by atomic mass is 16.2. The van der Waals surface area contributed by atoms with Gasteiger partial charge in [-0.1, -0.05) is 18.2 Å². The average Bonchev–Trinajstić information content (AvgIpc) is 3.07. The SMILES string of the molecule is CC(C)(C)N=C1c2ccccc2C(=O)N1C1CC1. The molecule has 1 aromatic rings. The number of benzene rings is 1. The van der Waals surface area contributed by atoms with Crippen molar-refractivity contribution >= 4 is 11.7 Å². The zero-order valence-electron chi connectivity index (χ0n) is 11.1. The Morgan fingerprint density at radius 3 is 2.33 bits per heavy atom. The van der Waals surface area contributed by atoms with Crippen molar-refractivity contribution in [1.29, 1.82) is 0 Å². The predicted molar refractivity (Wildman–Crippen MR) is 71.9 cm³/mol. The summed E-state index contributed by atoms with van der Waals surface area (Å²) in [7, 11) is 0. The zero-order chi connectivity index (χ0) is 12.9. The quantitative estimate of drug-likeness (QED) is 0.745. The molecule has 0 N–H and O–H groups in total. The number of amides is 1. The van der Waals surface area contributed by atoms with Crippen LogP contribution in [0.3, 0.4) is 0 Å². The second-order valence-electron chi connectivity index (χ2n) is 6.06. The summed E-state index contributed by atoms with van der Waals surface area (Å²) in [4.78, 5) is 19.1. The van der Waals surface area contributed by atoms with Gasteiger partial charge in [0.05, 0.1) is 11.1 Å². The van der Waals surface area contributed by atoms with Gasteiger partial charge in [-0.15, -0.1) is 0 Å². The summed E-state index contributed by atoms with van der Waals surface area (Å²) in [5.41, 5.74) is 1.62. The Hall–Kier alpha value is -1.64. The molecule has 1 fully saturated rings. The fourth-order valence-electron chi connectivity index (χ4n) is 2.32. The van der Waals surface area contributed by atoms with Crippen LogP contribution in [0, 0.1) is 0 Å². The summed E-state index contributed by atoms with van der Waals surface area (Å²) in [6.45, 7) is 6.20. The number of nitrogens with zero attached hydrogens (tertiary/aromatic N) is 2. The molecule has 3 heteroatoms. The molecule has 3 rings (SSSR count). The van der Waals surface area contributed by atoms with Gasteiger partial charge in [0.15, 0.2) is 0 Å².